The zero-order valence-corrected chi connectivity index (χ0v) is 17.8. The van der Waals surface area contributed by atoms with Crippen LogP contribution < -0.4 is 10.6 Å². The molecule has 0 saturated carbocycles. The lowest BCUT2D eigenvalue weighted by atomic mass is 10.1. The van der Waals surface area contributed by atoms with Crippen LogP contribution in [0.3, 0.4) is 0 Å². The summed E-state index contributed by atoms with van der Waals surface area (Å²) >= 11 is 5.98. The van der Waals surface area contributed by atoms with E-state index in [4.69, 9.17) is 11.6 Å². The lowest BCUT2D eigenvalue weighted by molar-refractivity contribution is 0.0977. The third-order valence-electron chi connectivity index (χ3n) is 4.70. The van der Waals surface area contributed by atoms with E-state index >= 15 is 0 Å². The highest BCUT2D eigenvalue weighted by Gasteiger charge is 2.12. The maximum atomic E-state index is 13.6. The molecule has 3 rings (SSSR count). The van der Waals surface area contributed by atoms with Crippen molar-refractivity contribution in [2.75, 3.05) is 11.9 Å². The van der Waals surface area contributed by atoms with Gasteiger partial charge in [0.25, 0.3) is 5.91 Å². The van der Waals surface area contributed by atoms with Gasteiger partial charge in [-0.1, -0.05) is 23.7 Å². The normalized spacial score (nSPS) is 11.4. The Balaban J connectivity index is 1.79. The second-order valence-corrected chi connectivity index (χ2v) is 7.29. The predicted molar refractivity (Wildman–Crippen MR) is 118 cm³/mol. The van der Waals surface area contributed by atoms with Gasteiger partial charge in [0.2, 0.25) is 5.96 Å². The van der Waals surface area contributed by atoms with Crippen LogP contribution in [0.2, 0.25) is 5.02 Å². The maximum Gasteiger partial charge on any atom is 0.258 e. The summed E-state index contributed by atoms with van der Waals surface area (Å²) < 4.78 is 15.4. The second-order valence-electron chi connectivity index (χ2n) is 6.85. The molecule has 0 atom stereocenters. The summed E-state index contributed by atoms with van der Waals surface area (Å²) in [5.74, 6) is -0.527. The van der Waals surface area contributed by atoms with Gasteiger partial charge in [0, 0.05) is 35.6 Å². The van der Waals surface area contributed by atoms with E-state index < -0.39 is 0 Å². The van der Waals surface area contributed by atoms with Crippen LogP contribution in [0.4, 0.5) is 10.1 Å². The molecule has 0 unspecified atom stereocenters. The summed E-state index contributed by atoms with van der Waals surface area (Å²) in [6, 6.07) is 12.6. The van der Waals surface area contributed by atoms with Gasteiger partial charge in [0.05, 0.1) is 5.69 Å². The van der Waals surface area contributed by atoms with Crippen molar-refractivity contribution in [2.24, 2.45) is 12.0 Å². The second kappa shape index (κ2) is 9.54. The first kappa shape index (κ1) is 21.5. The minimum Gasteiger partial charge on any atom is -0.326 e. The van der Waals surface area contributed by atoms with Crippen LogP contribution in [-0.2, 0) is 13.5 Å². The number of carbonyl (C=O) groups is 1. The van der Waals surface area contributed by atoms with E-state index in [1.54, 1.807) is 36.4 Å². The van der Waals surface area contributed by atoms with Crippen molar-refractivity contribution in [1.82, 2.24) is 15.1 Å². The molecule has 3 aromatic rings. The van der Waals surface area contributed by atoms with Crippen molar-refractivity contribution in [2.45, 2.75) is 20.3 Å². The van der Waals surface area contributed by atoms with Crippen molar-refractivity contribution in [3.8, 4) is 0 Å². The zero-order chi connectivity index (χ0) is 21.7. The number of guanidine groups is 1. The van der Waals surface area contributed by atoms with Crippen LogP contribution >= 0.6 is 11.6 Å². The minimum atomic E-state index is -0.387. The number of nitrogens with one attached hydrogen (secondary N) is 2. The fourth-order valence-electron chi connectivity index (χ4n) is 3.08. The van der Waals surface area contributed by atoms with Crippen LogP contribution in [0, 0.1) is 19.7 Å². The number of benzene rings is 2. The molecule has 6 nitrogen and oxygen atoms in total. The summed E-state index contributed by atoms with van der Waals surface area (Å²) in [6.45, 7) is 4.38. The third kappa shape index (κ3) is 5.45. The number of hydrogen-bond donors (Lipinski definition) is 2. The molecule has 0 saturated heterocycles. The first-order valence-electron chi connectivity index (χ1n) is 9.46. The van der Waals surface area contributed by atoms with Crippen LogP contribution in [0.1, 0.15) is 27.3 Å². The molecule has 1 aromatic heterocycles. The molecule has 2 aromatic carbocycles. The van der Waals surface area contributed by atoms with Crippen LogP contribution in [0.5, 0.6) is 0 Å². The van der Waals surface area contributed by atoms with E-state index in [2.05, 4.69) is 20.7 Å². The predicted octanol–water partition coefficient (Wildman–Crippen LogP) is 4.27. The Morgan fingerprint density at radius 1 is 1.20 bits per heavy atom. The third-order valence-corrected chi connectivity index (χ3v) is 4.93. The van der Waals surface area contributed by atoms with Gasteiger partial charge in [-0.15, -0.1) is 0 Å². The zero-order valence-electron chi connectivity index (χ0n) is 17.0. The Bertz CT molecular complexity index is 1090. The van der Waals surface area contributed by atoms with Crippen molar-refractivity contribution in [1.29, 1.82) is 0 Å². The Hall–Kier alpha value is -3.19. The Labute approximate surface area is 179 Å². The minimum absolute atomic E-state index is 0.227. The van der Waals surface area contributed by atoms with Crippen LogP contribution in [-0.4, -0.2) is 28.2 Å². The summed E-state index contributed by atoms with van der Waals surface area (Å²) in [5, 5.41) is 10.6. The van der Waals surface area contributed by atoms with E-state index in [1.807, 2.05) is 25.6 Å². The van der Waals surface area contributed by atoms with Gasteiger partial charge in [0.1, 0.15) is 5.82 Å². The van der Waals surface area contributed by atoms with Crippen molar-refractivity contribution in [3.63, 3.8) is 0 Å². The smallest absolute Gasteiger partial charge is 0.258 e. The lowest BCUT2D eigenvalue weighted by Gasteiger charge is -2.12. The lowest BCUT2D eigenvalue weighted by Crippen LogP contribution is -2.36. The average molecular weight is 428 g/mol. The number of amides is 1. The highest BCUT2D eigenvalue weighted by Crippen LogP contribution is 2.14. The van der Waals surface area contributed by atoms with Crippen LogP contribution in [0.15, 0.2) is 53.5 Å². The standard InChI is InChI=1S/C22H23ClFN5O/c1-14-20(15(2)29(3)28-14)10-11-25-22(26-19-9-5-8-18(24)13-19)27-21(30)16-6-4-7-17(23)12-16/h4-9,12-13H,10-11H2,1-3H3,(H2,25,26,27,30). The Morgan fingerprint density at radius 2 is 1.97 bits per heavy atom. The highest BCUT2D eigenvalue weighted by atomic mass is 35.5. The number of carbonyl (C=O) groups excluding carboxylic acids is 1. The molecule has 0 aliphatic carbocycles. The van der Waals surface area contributed by atoms with Crippen molar-refractivity contribution in [3.05, 3.63) is 81.9 Å². The fourth-order valence-corrected chi connectivity index (χ4v) is 3.27. The number of halogens is 2. The van der Waals surface area contributed by atoms with E-state index in [-0.39, 0.29) is 17.7 Å². The monoisotopic (exact) mass is 427 g/mol. The van der Waals surface area contributed by atoms with Gasteiger partial charge in [-0.2, -0.15) is 5.10 Å². The number of nitrogens with zero attached hydrogens (tertiary/aromatic N) is 3. The molecular formula is C22H23ClFN5O. The molecule has 0 radical (unpaired) electrons. The van der Waals surface area contributed by atoms with Gasteiger partial charge >= 0.3 is 0 Å². The molecule has 0 bridgehead atoms. The van der Waals surface area contributed by atoms with Crippen molar-refractivity contribution >= 4 is 29.2 Å². The molecule has 8 heteroatoms. The summed E-state index contributed by atoms with van der Waals surface area (Å²) in [6.07, 6.45) is 0.660. The van der Waals surface area contributed by atoms with E-state index in [0.717, 1.165) is 17.0 Å². The summed E-state index contributed by atoms with van der Waals surface area (Å²) in [5.41, 5.74) is 4.02. The van der Waals surface area contributed by atoms with E-state index in [9.17, 15) is 9.18 Å². The molecule has 0 fully saturated rings. The highest BCUT2D eigenvalue weighted by molar-refractivity contribution is 6.31. The first-order chi connectivity index (χ1) is 14.3. The van der Waals surface area contributed by atoms with Gasteiger partial charge in [-0.3, -0.25) is 19.8 Å². The number of rotatable bonds is 5. The number of aliphatic imine (C=N–C) groups is 1. The number of aryl methyl sites for hydroxylation is 2. The molecule has 30 heavy (non-hydrogen) atoms. The average Bonchev–Trinajstić information content (AvgIpc) is 2.94. The van der Waals surface area contributed by atoms with Gasteiger partial charge < -0.3 is 5.32 Å². The molecule has 1 heterocycles. The van der Waals surface area contributed by atoms with Gasteiger partial charge in [0.15, 0.2) is 0 Å². The summed E-state index contributed by atoms with van der Waals surface area (Å²) in [4.78, 5) is 17.1. The van der Waals surface area contributed by atoms with E-state index in [0.29, 0.717) is 29.2 Å². The maximum absolute atomic E-state index is 13.6. The number of aromatic nitrogens is 2. The first-order valence-corrected chi connectivity index (χ1v) is 9.84. The number of hydrogen-bond acceptors (Lipinski definition) is 3. The molecule has 2 N–H and O–H groups in total. The quantitative estimate of drug-likeness (QED) is 0.472. The molecule has 156 valence electrons. The van der Waals surface area contributed by atoms with Crippen LogP contribution in [0.25, 0.3) is 0 Å². The molecule has 0 aliphatic heterocycles. The van der Waals surface area contributed by atoms with Gasteiger partial charge in [-0.05, 0) is 62.2 Å². The largest absolute Gasteiger partial charge is 0.326 e. The van der Waals surface area contributed by atoms with Crippen molar-refractivity contribution < 1.29 is 9.18 Å². The fraction of sp³-hybridized carbons (Fsp3) is 0.227. The van der Waals surface area contributed by atoms with Gasteiger partial charge in [-0.25, -0.2) is 4.39 Å². The van der Waals surface area contributed by atoms with E-state index in [1.165, 1.54) is 12.1 Å². The Morgan fingerprint density at radius 3 is 2.63 bits per heavy atom. The molecular weight excluding hydrogens is 405 g/mol. The molecule has 0 spiro atoms. The Kier molecular flexibility index (Phi) is 6.84. The molecule has 0 aliphatic rings. The SMILES string of the molecule is Cc1nn(C)c(C)c1CCN=C(NC(=O)c1cccc(Cl)c1)Nc1cccc(F)c1. The number of anilines is 1. The molecule has 1 amide bonds. The summed E-state index contributed by atoms with van der Waals surface area (Å²) in [7, 11) is 1.90. The topological polar surface area (TPSA) is 71.3 Å².